The fourth-order valence-electron chi connectivity index (χ4n) is 1.27. The Kier molecular flexibility index (Phi) is 4.45. The van der Waals surface area contributed by atoms with Crippen LogP contribution in [0.1, 0.15) is 11.1 Å². The molecule has 0 amide bonds. The minimum atomic E-state index is -4.16. The summed E-state index contributed by atoms with van der Waals surface area (Å²) in [4.78, 5) is -0.506. The molecule has 0 spiro atoms. The van der Waals surface area contributed by atoms with Crippen molar-refractivity contribution in [3.05, 3.63) is 23.3 Å². The summed E-state index contributed by atoms with van der Waals surface area (Å²) in [6.45, 7) is -3.43. The number of nitriles is 1. The highest BCUT2D eigenvalue weighted by molar-refractivity contribution is 8.13. The van der Waals surface area contributed by atoms with Crippen LogP contribution in [0.3, 0.4) is 0 Å². The smallest absolute Gasteiger partial charge is 0.387 e. The topological polar surface area (TPSA) is 93.2 Å². The maximum Gasteiger partial charge on any atom is 0.387 e. The van der Waals surface area contributed by atoms with Crippen LogP contribution >= 0.6 is 10.7 Å². The zero-order valence-corrected chi connectivity index (χ0v) is 10.3. The van der Waals surface area contributed by atoms with Gasteiger partial charge in [0.15, 0.2) is 0 Å². The summed E-state index contributed by atoms with van der Waals surface area (Å²) in [6.07, 6.45) is 0. The molecule has 2 N–H and O–H groups in total. The third-order valence-electron chi connectivity index (χ3n) is 2.00. The average molecular weight is 297 g/mol. The number of nitrogens with two attached hydrogens (primary N) is 1. The Morgan fingerprint density at radius 1 is 1.50 bits per heavy atom. The van der Waals surface area contributed by atoms with Crippen molar-refractivity contribution in [2.24, 2.45) is 5.73 Å². The lowest BCUT2D eigenvalue weighted by Gasteiger charge is -2.12. The van der Waals surface area contributed by atoms with E-state index in [9.17, 15) is 17.2 Å². The lowest BCUT2D eigenvalue weighted by molar-refractivity contribution is -0.0506. The lowest BCUT2D eigenvalue weighted by Crippen LogP contribution is -2.10. The lowest BCUT2D eigenvalue weighted by atomic mass is 10.1. The minimum absolute atomic E-state index is 0.0122. The molecule has 9 heteroatoms. The van der Waals surface area contributed by atoms with Crippen molar-refractivity contribution in [3.63, 3.8) is 0 Å². The summed E-state index contributed by atoms with van der Waals surface area (Å²) in [6, 6.07) is 3.40. The highest BCUT2D eigenvalue weighted by atomic mass is 35.7. The van der Waals surface area contributed by atoms with Crippen LogP contribution in [-0.2, 0) is 15.6 Å². The summed E-state index contributed by atoms with van der Waals surface area (Å²) in [5, 5.41) is 8.81. The van der Waals surface area contributed by atoms with E-state index in [4.69, 9.17) is 21.7 Å². The molecule has 0 heterocycles. The second-order valence-electron chi connectivity index (χ2n) is 3.08. The van der Waals surface area contributed by atoms with Gasteiger partial charge in [-0.3, -0.25) is 0 Å². The van der Waals surface area contributed by atoms with Gasteiger partial charge in [-0.25, -0.2) is 8.42 Å². The molecule has 0 aliphatic rings. The molecule has 0 atom stereocenters. The number of hydrogen-bond acceptors (Lipinski definition) is 5. The molecule has 98 valence electrons. The second kappa shape index (κ2) is 5.48. The normalized spacial score (nSPS) is 11.3. The molecule has 0 aliphatic carbocycles. The SMILES string of the molecule is N#Cc1cc(S(=O)(=O)Cl)cc(OC(F)F)c1CN. The third kappa shape index (κ3) is 3.29. The van der Waals surface area contributed by atoms with E-state index in [1.807, 2.05) is 0 Å². The van der Waals surface area contributed by atoms with Crippen molar-refractivity contribution in [2.75, 3.05) is 0 Å². The molecule has 5 nitrogen and oxygen atoms in total. The fourth-order valence-corrected chi connectivity index (χ4v) is 2.05. The number of nitrogens with zero attached hydrogens (tertiary/aromatic N) is 1. The number of halogens is 3. The summed E-state index contributed by atoms with van der Waals surface area (Å²) in [5.41, 5.74) is 5.11. The number of benzene rings is 1. The predicted molar refractivity (Wildman–Crippen MR) is 58.7 cm³/mol. The Bertz CT molecular complexity index is 599. The molecule has 1 aromatic carbocycles. The average Bonchev–Trinajstić information content (AvgIpc) is 2.25. The molecule has 0 radical (unpaired) electrons. The molecule has 0 unspecified atom stereocenters. The largest absolute Gasteiger partial charge is 0.434 e. The van der Waals surface area contributed by atoms with E-state index in [-0.39, 0.29) is 17.7 Å². The van der Waals surface area contributed by atoms with Gasteiger partial charge in [0.25, 0.3) is 9.05 Å². The van der Waals surface area contributed by atoms with Crippen molar-refractivity contribution >= 4 is 19.7 Å². The maximum absolute atomic E-state index is 12.2. The number of ether oxygens (including phenoxy) is 1. The quantitative estimate of drug-likeness (QED) is 0.851. The van der Waals surface area contributed by atoms with Gasteiger partial charge in [0.05, 0.1) is 16.5 Å². The Labute approximate surface area is 106 Å². The van der Waals surface area contributed by atoms with E-state index in [2.05, 4.69) is 4.74 Å². The van der Waals surface area contributed by atoms with E-state index >= 15 is 0 Å². The van der Waals surface area contributed by atoms with Gasteiger partial charge in [-0.2, -0.15) is 14.0 Å². The van der Waals surface area contributed by atoms with Crippen molar-refractivity contribution < 1.29 is 21.9 Å². The second-order valence-corrected chi connectivity index (χ2v) is 5.65. The van der Waals surface area contributed by atoms with Gasteiger partial charge < -0.3 is 10.5 Å². The Morgan fingerprint density at radius 3 is 2.50 bits per heavy atom. The van der Waals surface area contributed by atoms with Gasteiger partial charge >= 0.3 is 6.61 Å². The number of rotatable bonds is 4. The Balaban J connectivity index is 3.52. The van der Waals surface area contributed by atoms with Crippen molar-refractivity contribution in [2.45, 2.75) is 18.1 Å². The molecule has 18 heavy (non-hydrogen) atoms. The highest BCUT2D eigenvalue weighted by Crippen LogP contribution is 2.29. The van der Waals surface area contributed by atoms with E-state index < -0.39 is 26.3 Å². The summed E-state index contributed by atoms with van der Waals surface area (Å²) in [7, 11) is 0.917. The highest BCUT2D eigenvalue weighted by Gasteiger charge is 2.19. The van der Waals surface area contributed by atoms with Gasteiger partial charge in [-0.15, -0.1) is 0 Å². The van der Waals surface area contributed by atoms with Crippen molar-refractivity contribution in [1.29, 1.82) is 5.26 Å². The predicted octanol–water partition coefficient (Wildman–Crippen LogP) is 1.55. The third-order valence-corrected chi connectivity index (χ3v) is 3.34. The number of alkyl halides is 2. The maximum atomic E-state index is 12.2. The molecular weight excluding hydrogens is 290 g/mol. The monoisotopic (exact) mass is 296 g/mol. The van der Waals surface area contributed by atoms with Crippen molar-refractivity contribution in [3.8, 4) is 11.8 Å². The van der Waals surface area contributed by atoms with E-state index in [0.717, 1.165) is 12.1 Å². The summed E-state index contributed by atoms with van der Waals surface area (Å²) >= 11 is 0. The molecule has 0 aromatic heterocycles. The first-order valence-electron chi connectivity index (χ1n) is 4.46. The van der Waals surface area contributed by atoms with Gasteiger partial charge in [0.1, 0.15) is 5.75 Å². The molecule has 0 saturated carbocycles. The van der Waals surface area contributed by atoms with E-state index in [0.29, 0.717) is 0 Å². The molecular formula is C9H7ClF2N2O3S. The van der Waals surface area contributed by atoms with Crippen LogP contribution in [0.15, 0.2) is 17.0 Å². The van der Waals surface area contributed by atoms with Gasteiger partial charge in [-0.1, -0.05) is 0 Å². The molecule has 1 aromatic rings. The van der Waals surface area contributed by atoms with Gasteiger partial charge in [-0.05, 0) is 6.07 Å². The van der Waals surface area contributed by atoms with Crippen LogP contribution in [0.25, 0.3) is 0 Å². The van der Waals surface area contributed by atoms with Crippen LogP contribution in [0.5, 0.6) is 5.75 Å². The minimum Gasteiger partial charge on any atom is -0.434 e. The Hall–Kier alpha value is -1.43. The van der Waals surface area contributed by atoms with Crippen molar-refractivity contribution in [1.82, 2.24) is 0 Å². The van der Waals surface area contributed by atoms with Crippen LogP contribution in [0, 0.1) is 11.3 Å². The molecule has 0 aliphatic heterocycles. The van der Waals surface area contributed by atoms with Crippen LogP contribution in [0.2, 0.25) is 0 Å². The number of hydrogen-bond donors (Lipinski definition) is 1. The van der Waals surface area contributed by atoms with Crippen LogP contribution in [0.4, 0.5) is 8.78 Å². The first kappa shape index (κ1) is 14.6. The molecule has 0 fully saturated rings. The molecule has 0 bridgehead atoms. The van der Waals surface area contributed by atoms with Crippen LogP contribution in [-0.4, -0.2) is 15.0 Å². The zero-order valence-electron chi connectivity index (χ0n) is 8.73. The zero-order chi connectivity index (χ0) is 13.9. The first-order valence-corrected chi connectivity index (χ1v) is 6.77. The standard InChI is InChI=1S/C9H7ClF2N2O3S/c10-18(15,16)6-1-5(3-13)7(4-14)8(2-6)17-9(11)12/h1-2,9H,4,14H2. The summed E-state index contributed by atoms with van der Waals surface area (Å²) < 4.78 is 50.7. The summed E-state index contributed by atoms with van der Waals surface area (Å²) in [5.74, 6) is -0.481. The molecule has 1 rings (SSSR count). The van der Waals surface area contributed by atoms with E-state index in [1.54, 1.807) is 6.07 Å². The first-order chi connectivity index (χ1) is 8.29. The fraction of sp³-hybridized carbons (Fsp3) is 0.222. The van der Waals surface area contributed by atoms with Gasteiger partial charge in [0.2, 0.25) is 0 Å². The van der Waals surface area contributed by atoms with E-state index in [1.165, 1.54) is 0 Å². The van der Waals surface area contributed by atoms with Gasteiger partial charge in [0, 0.05) is 28.9 Å². The Morgan fingerprint density at radius 2 is 2.11 bits per heavy atom. The van der Waals surface area contributed by atoms with Crippen LogP contribution < -0.4 is 10.5 Å². The molecule has 0 saturated heterocycles.